The number of rotatable bonds is 8. The largest absolute Gasteiger partial charge is 0.382 e. The Labute approximate surface area is 90.2 Å². The first kappa shape index (κ1) is 12.1. The minimum absolute atomic E-state index is 0.536. The second kappa shape index (κ2) is 8.35. The minimum Gasteiger partial charge on any atom is -0.382 e. The maximum atomic E-state index is 5.37. The Balaban J connectivity index is 1.93. The van der Waals surface area contributed by atoms with Crippen LogP contribution in [-0.4, -0.2) is 38.5 Å². The van der Waals surface area contributed by atoms with Crippen molar-refractivity contribution < 1.29 is 14.2 Å². The van der Waals surface area contributed by atoms with Gasteiger partial charge in [-0.3, -0.25) is 4.98 Å². The van der Waals surface area contributed by atoms with Gasteiger partial charge in [0.25, 0.3) is 0 Å². The Hall–Kier alpha value is -0.970. The van der Waals surface area contributed by atoms with Crippen LogP contribution < -0.4 is 0 Å². The fourth-order valence-electron chi connectivity index (χ4n) is 1.02. The zero-order chi connectivity index (χ0) is 10.8. The Kier molecular flexibility index (Phi) is 6.73. The second-order valence-corrected chi connectivity index (χ2v) is 2.98. The molecule has 1 aromatic rings. The molecule has 0 unspecified atom stereocenters. The summed E-state index contributed by atoms with van der Waals surface area (Å²) in [6.07, 6.45) is 1.76. The van der Waals surface area contributed by atoms with Gasteiger partial charge >= 0.3 is 0 Å². The number of hydrogen-bond donors (Lipinski definition) is 0. The lowest BCUT2D eigenvalue weighted by atomic mass is 10.4. The van der Waals surface area contributed by atoms with Crippen LogP contribution in [0.25, 0.3) is 0 Å². The number of ether oxygens (including phenoxy) is 3. The molecule has 0 amide bonds. The number of hydrogen-bond acceptors (Lipinski definition) is 4. The van der Waals surface area contributed by atoms with Gasteiger partial charge in [0.2, 0.25) is 0 Å². The molecule has 15 heavy (non-hydrogen) atoms. The molecule has 0 aliphatic carbocycles. The highest BCUT2D eigenvalue weighted by atomic mass is 16.5. The highest BCUT2D eigenvalue weighted by Crippen LogP contribution is 1.95. The van der Waals surface area contributed by atoms with Gasteiger partial charge in [0.15, 0.2) is 0 Å². The molecule has 0 aliphatic heterocycles. The number of nitrogens with zero attached hydrogens (tertiary/aromatic N) is 1. The maximum absolute atomic E-state index is 5.37. The highest BCUT2D eigenvalue weighted by Gasteiger charge is 1.93. The zero-order valence-electron chi connectivity index (χ0n) is 9.02. The van der Waals surface area contributed by atoms with Crippen molar-refractivity contribution in [2.75, 3.05) is 33.5 Å². The van der Waals surface area contributed by atoms with Gasteiger partial charge in [-0.15, -0.1) is 0 Å². The highest BCUT2D eigenvalue weighted by molar-refractivity contribution is 5.01. The van der Waals surface area contributed by atoms with Gasteiger partial charge in [-0.2, -0.15) is 0 Å². The lowest BCUT2D eigenvalue weighted by Gasteiger charge is -2.04. The van der Waals surface area contributed by atoms with Crippen molar-refractivity contribution in [3.63, 3.8) is 0 Å². The van der Waals surface area contributed by atoms with Gasteiger partial charge in [0, 0.05) is 13.3 Å². The summed E-state index contributed by atoms with van der Waals surface area (Å²) in [6.45, 7) is 2.95. The molecule has 1 heterocycles. The normalized spacial score (nSPS) is 10.5. The van der Waals surface area contributed by atoms with Gasteiger partial charge in [0.05, 0.1) is 38.7 Å². The summed E-state index contributed by atoms with van der Waals surface area (Å²) >= 11 is 0. The average molecular weight is 211 g/mol. The standard InChI is InChI=1S/C11H17NO3/c1-13-6-7-14-8-9-15-10-11-4-2-3-5-12-11/h2-5H,6-10H2,1H3. The molecule has 0 bridgehead atoms. The predicted molar refractivity (Wildman–Crippen MR) is 56.6 cm³/mol. The fourth-order valence-corrected chi connectivity index (χ4v) is 1.02. The van der Waals surface area contributed by atoms with E-state index in [-0.39, 0.29) is 0 Å². The Morgan fingerprint density at radius 3 is 2.60 bits per heavy atom. The summed E-state index contributed by atoms with van der Waals surface area (Å²) in [6, 6.07) is 5.77. The summed E-state index contributed by atoms with van der Waals surface area (Å²) in [5.41, 5.74) is 0.939. The van der Waals surface area contributed by atoms with E-state index in [4.69, 9.17) is 14.2 Å². The molecular weight excluding hydrogens is 194 g/mol. The van der Waals surface area contributed by atoms with Crippen LogP contribution in [0.3, 0.4) is 0 Å². The van der Waals surface area contributed by atoms with Gasteiger partial charge in [0.1, 0.15) is 0 Å². The molecule has 0 aromatic carbocycles. The number of methoxy groups -OCH3 is 1. The van der Waals surface area contributed by atoms with Gasteiger partial charge in [-0.1, -0.05) is 6.07 Å². The van der Waals surface area contributed by atoms with Crippen LogP contribution in [0.2, 0.25) is 0 Å². The lowest BCUT2D eigenvalue weighted by Crippen LogP contribution is -2.08. The fraction of sp³-hybridized carbons (Fsp3) is 0.545. The molecule has 84 valence electrons. The lowest BCUT2D eigenvalue weighted by molar-refractivity contribution is 0.0192. The Morgan fingerprint density at radius 2 is 1.87 bits per heavy atom. The Bertz CT molecular complexity index is 241. The summed E-state index contributed by atoms with van der Waals surface area (Å²) in [4.78, 5) is 4.14. The minimum atomic E-state index is 0.536. The Morgan fingerprint density at radius 1 is 1.07 bits per heavy atom. The third-order valence-corrected chi connectivity index (χ3v) is 1.78. The van der Waals surface area contributed by atoms with Crippen molar-refractivity contribution in [2.24, 2.45) is 0 Å². The molecule has 0 aliphatic rings. The van der Waals surface area contributed by atoms with E-state index in [1.165, 1.54) is 0 Å². The summed E-state index contributed by atoms with van der Waals surface area (Å²) in [7, 11) is 1.65. The van der Waals surface area contributed by atoms with E-state index in [9.17, 15) is 0 Å². The molecule has 1 rings (SSSR count). The average Bonchev–Trinajstić information content (AvgIpc) is 2.29. The van der Waals surface area contributed by atoms with Crippen molar-refractivity contribution in [3.8, 4) is 0 Å². The van der Waals surface area contributed by atoms with Gasteiger partial charge in [-0.05, 0) is 12.1 Å². The van der Waals surface area contributed by atoms with Gasteiger partial charge in [-0.25, -0.2) is 0 Å². The molecule has 0 fully saturated rings. The first-order valence-corrected chi connectivity index (χ1v) is 4.98. The van der Waals surface area contributed by atoms with Crippen LogP contribution in [0, 0.1) is 0 Å². The SMILES string of the molecule is COCCOCCOCc1ccccn1. The molecule has 4 nitrogen and oxygen atoms in total. The van der Waals surface area contributed by atoms with Crippen LogP contribution >= 0.6 is 0 Å². The third-order valence-electron chi connectivity index (χ3n) is 1.78. The van der Waals surface area contributed by atoms with Crippen LogP contribution in [-0.2, 0) is 20.8 Å². The quantitative estimate of drug-likeness (QED) is 0.607. The van der Waals surface area contributed by atoms with Crippen molar-refractivity contribution in [1.82, 2.24) is 4.98 Å². The van der Waals surface area contributed by atoms with Crippen LogP contribution in [0.15, 0.2) is 24.4 Å². The number of aromatic nitrogens is 1. The molecule has 0 radical (unpaired) electrons. The number of pyridine rings is 1. The predicted octanol–water partition coefficient (Wildman–Crippen LogP) is 1.26. The second-order valence-electron chi connectivity index (χ2n) is 2.98. The van der Waals surface area contributed by atoms with E-state index in [2.05, 4.69) is 4.98 Å². The van der Waals surface area contributed by atoms with E-state index in [1.807, 2.05) is 18.2 Å². The van der Waals surface area contributed by atoms with E-state index in [1.54, 1.807) is 13.3 Å². The molecule has 0 N–H and O–H groups in total. The van der Waals surface area contributed by atoms with Gasteiger partial charge < -0.3 is 14.2 Å². The monoisotopic (exact) mass is 211 g/mol. The smallest absolute Gasteiger partial charge is 0.0889 e. The summed E-state index contributed by atoms with van der Waals surface area (Å²) in [5, 5.41) is 0. The van der Waals surface area contributed by atoms with E-state index in [0.29, 0.717) is 33.0 Å². The molecule has 4 heteroatoms. The maximum Gasteiger partial charge on any atom is 0.0889 e. The molecule has 0 saturated carbocycles. The van der Waals surface area contributed by atoms with Crippen LogP contribution in [0.1, 0.15) is 5.69 Å². The van der Waals surface area contributed by atoms with Crippen molar-refractivity contribution >= 4 is 0 Å². The first-order valence-electron chi connectivity index (χ1n) is 4.98. The van der Waals surface area contributed by atoms with Crippen molar-refractivity contribution in [3.05, 3.63) is 30.1 Å². The zero-order valence-corrected chi connectivity index (χ0v) is 9.02. The molecule has 0 atom stereocenters. The van der Waals surface area contributed by atoms with Crippen molar-refractivity contribution in [1.29, 1.82) is 0 Å². The van der Waals surface area contributed by atoms with E-state index >= 15 is 0 Å². The molecular formula is C11H17NO3. The third kappa shape index (κ3) is 6.17. The molecule has 0 saturated heterocycles. The molecule has 0 spiro atoms. The van der Waals surface area contributed by atoms with E-state index < -0.39 is 0 Å². The van der Waals surface area contributed by atoms with E-state index in [0.717, 1.165) is 5.69 Å². The molecule has 1 aromatic heterocycles. The first-order chi connectivity index (χ1) is 7.43. The summed E-state index contributed by atoms with van der Waals surface area (Å²) in [5.74, 6) is 0. The van der Waals surface area contributed by atoms with Crippen molar-refractivity contribution in [2.45, 2.75) is 6.61 Å². The van der Waals surface area contributed by atoms with Crippen LogP contribution in [0.4, 0.5) is 0 Å². The van der Waals surface area contributed by atoms with Crippen LogP contribution in [0.5, 0.6) is 0 Å². The summed E-state index contributed by atoms with van der Waals surface area (Å²) < 4.78 is 15.5. The topological polar surface area (TPSA) is 40.6 Å².